The first kappa shape index (κ1) is 16.9. The van der Waals surface area contributed by atoms with Gasteiger partial charge in [-0.15, -0.1) is 0 Å². The number of fused-ring (bicyclic) bond motifs is 1. The van der Waals surface area contributed by atoms with Crippen LogP contribution < -0.4 is 5.73 Å². The van der Waals surface area contributed by atoms with Crippen LogP contribution in [0.25, 0.3) is 10.9 Å². The number of amides is 1. The lowest BCUT2D eigenvalue weighted by Gasteiger charge is -2.12. The van der Waals surface area contributed by atoms with Gasteiger partial charge in [0.2, 0.25) is 5.91 Å². The lowest BCUT2D eigenvalue weighted by molar-refractivity contribution is 0.100. The normalized spacial score (nSPS) is 11.1. The molecule has 124 valence electrons. The molecular formula is C19H18Cl2N2O. The Morgan fingerprint density at radius 3 is 2.58 bits per heavy atom. The number of rotatable bonds is 5. The molecule has 0 unspecified atom stereocenters. The second-order valence-electron chi connectivity index (χ2n) is 5.78. The van der Waals surface area contributed by atoms with E-state index in [1.807, 2.05) is 30.3 Å². The van der Waals surface area contributed by atoms with Gasteiger partial charge in [0.25, 0.3) is 0 Å². The van der Waals surface area contributed by atoms with E-state index < -0.39 is 5.91 Å². The predicted octanol–water partition coefficient (Wildman–Crippen LogP) is 5.05. The first-order valence-corrected chi connectivity index (χ1v) is 8.62. The monoisotopic (exact) mass is 360 g/mol. The summed E-state index contributed by atoms with van der Waals surface area (Å²) in [5, 5.41) is 2.37. The van der Waals surface area contributed by atoms with Gasteiger partial charge in [-0.1, -0.05) is 60.8 Å². The minimum atomic E-state index is -0.449. The number of hydrogen-bond donors (Lipinski definition) is 1. The van der Waals surface area contributed by atoms with E-state index in [2.05, 4.69) is 11.5 Å². The second kappa shape index (κ2) is 6.88. The van der Waals surface area contributed by atoms with Crippen molar-refractivity contribution in [1.29, 1.82) is 0 Å². The maximum atomic E-state index is 11.5. The minimum Gasteiger partial charge on any atom is -0.366 e. The Kier molecular flexibility index (Phi) is 4.83. The van der Waals surface area contributed by atoms with Crippen molar-refractivity contribution >= 4 is 40.0 Å². The number of primary amides is 1. The number of carbonyl (C=O) groups excluding carboxylic acids is 1. The van der Waals surface area contributed by atoms with Crippen LogP contribution in [0.5, 0.6) is 0 Å². The Bertz CT molecular complexity index is 915. The summed E-state index contributed by atoms with van der Waals surface area (Å²) < 4.78 is 2.13. The molecule has 0 bridgehead atoms. The smallest absolute Gasteiger partial charge is 0.248 e. The third-order valence-electron chi connectivity index (χ3n) is 4.16. The molecule has 2 N–H and O–H groups in total. The van der Waals surface area contributed by atoms with Crippen LogP contribution in [0.2, 0.25) is 10.0 Å². The summed E-state index contributed by atoms with van der Waals surface area (Å²) in [5.41, 5.74) is 8.87. The molecule has 3 nitrogen and oxygen atoms in total. The van der Waals surface area contributed by atoms with Gasteiger partial charge in [0, 0.05) is 28.2 Å². The topological polar surface area (TPSA) is 48.0 Å². The van der Waals surface area contributed by atoms with Gasteiger partial charge < -0.3 is 10.3 Å². The van der Waals surface area contributed by atoms with Gasteiger partial charge in [-0.05, 0) is 30.2 Å². The van der Waals surface area contributed by atoms with Gasteiger partial charge in [0.05, 0.1) is 10.5 Å². The first-order chi connectivity index (χ1) is 11.5. The summed E-state index contributed by atoms with van der Waals surface area (Å²) in [7, 11) is 0. The van der Waals surface area contributed by atoms with Crippen LogP contribution in [0.15, 0.2) is 42.5 Å². The molecule has 0 fully saturated rings. The third-order valence-corrected chi connectivity index (χ3v) is 4.95. The van der Waals surface area contributed by atoms with Gasteiger partial charge in [0.1, 0.15) is 0 Å². The van der Waals surface area contributed by atoms with Crippen molar-refractivity contribution in [2.24, 2.45) is 5.73 Å². The van der Waals surface area contributed by atoms with E-state index in [1.165, 1.54) is 0 Å². The largest absolute Gasteiger partial charge is 0.366 e. The molecule has 3 rings (SSSR count). The van der Waals surface area contributed by atoms with E-state index >= 15 is 0 Å². The third kappa shape index (κ3) is 3.02. The van der Waals surface area contributed by atoms with Gasteiger partial charge in [-0.2, -0.15) is 0 Å². The first-order valence-electron chi connectivity index (χ1n) is 7.86. The van der Waals surface area contributed by atoms with E-state index in [4.69, 9.17) is 28.9 Å². The lowest BCUT2D eigenvalue weighted by Crippen LogP contribution is -2.11. The Labute approximate surface area is 151 Å². The molecule has 0 radical (unpaired) electrons. The van der Waals surface area contributed by atoms with Crippen LogP contribution in [0, 0.1) is 0 Å². The van der Waals surface area contributed by atoms with E-state index in [0.29, 0.717) is 17.1 Å². The fraction of sp³-hybridized carbons (Fsp3) is 0.211. The van der Waals surface area contributed by atoms with Crippen molar-refractivity contribution in [2.75, 3.05) is 0 Å². The molecule has 0 saturated carbocycles. The molecule has 24 heavy (non-hydrogen) atoms. The molecule has 0 aliphatic rings. The Morgan fingerprint density at radius 1 is 1.17 bits per heavy atom. The van der Waals surface area contributed by atoms with Crippen LogP contribution in [-0.4, -0.2) is 10.5 Å². The fourth-order valence-corrected chi connectivity index (χ4v) is 3.52. The van der Waals surface area contributed by atoms with Crippen LogP contribution >= 0.6 is 23.2 Å². The Morgan fingerprint density at radius 2 is 1.92 bits per heavy atom. The number of nitrogens with zero attached hydrogens (tertiary/aromatic N) is 1. The highest BCUT2D eigenvalue weighted by atomic mass is 35.5. The average Bonchev–Trinajstić information content (AvgIpc) is 2.82. The highest BCUT2D eigenvalue weighted by Crippen LogP contribution is 2.33. The summed E-state index contributed by atoms with van der Waals surface area (Å²) >= 11 is 12.9. The standard InChI is InChI=1S/C19H18Cl2N2O/c1-2-5-16-18(21)14-9-8-12(19(22)24)10-17(14)23(16)11-13-6-3-4-7-15(13)20/h3-4,6-10H,2,5,11H2,1H3,(H2,22,24). The number of carbonyl (C=O) groups is 1. The summed E-state index contributed by atoms with van der Waals surface area (Å²) in [6.45, 7) is 2.71. The van der Waals surface area contributed by atoms with Crippen molar-refractivity contribution in [1.82, 2.24) is 4.57 Å². The number of hydrogen-bond acceptors (Lipinski definition) is 1. The van der Waals surface area contributed by atoms with E-state index in [9.17, 15) is 4.79 Å². The number of benzene rings is 2. The molecule has 0 spiro atoms. The zero-order valence-corrected chi connectivity index (χ0v) is 14.9. The molecule has 0 saturated heterocycles. The summed E-state index contributed by atoms with van der Waals surface area (Å²) in [5.74, 6) is -0.449. The molecule has 0 aliphatic carbocycles. The van der Waals surface area contributed by atoms with Gasteiger partial charge >= 0.3 is 0 Å². The molecule has 5 heteroatoms. The summed E-state index contributed by atoms with van der Waals surface area (Å²) in [4.78, 5) is 11.5. The van der Waals surface area contributed by atoms with Crippen LogP contribution in [0.1, 0.15) is 35.0 Å². The number of halogens is 2. The van der Waals surface area contributed by atoms with Crippen molar-refractivity contribution < 1.29 is 4.79 Å². The van der Waals surface area contributed by atoms with Gasteiger partial charge in [-0.3, -0.25) is 4.79 Å². The number of nitrogens with two attached hydrogens (primary N) is 1. The lowest BCUT2D eigenvalue weighted by atomic mass is 10.1. The van der Waals surface area contributed by atoms with Crippen LogP contribution in [-0.2, 0) is 13.0 Å². The van der Waals surface area contributed by atoms with Crippen molar-refractivity contribution in [3.63, 3.8) is 0 Å². The average molecular weight is 361 g/mol. The van der Waals surface area contributed by atoms with Gasteiger partial charge in [0.15, 0.2) is 0 Å². The molecule has 1 amide bonds. The quantitative estimate of drug-likeness (QED) is 0.679. The van der Waals surface area contributed by atoms with Crippen molar-refractivity contribution in [2.45, 2.75) is 26.3 Å². The zero-order valence-electron chi connectivity index (χ0n) is 13.4. The SMILES string of the molecule is CCCc1c(Cl)c2ccc(C(N)=O)cc2n1Cc1ccccc1Cl. The van der Waals surface area contributed by atoms with Gasteiger partial charge in [-0.25, -0.2) is 0 Å². The maximum absolute atomic E-state index is 11.5. The number of aromatic nitrogens is 1. The Hall–Kier alpha value is -1.97. The molecule has 0 atom stereocenters. The predicted molar refractivity (Wildman–Crippen MR) is 100 cm³/mol. The summed E-state index contributed by atoms with van der Waals surface area (Å²) in [6, 6.07) is 13.1. The van der Waals surface area contributed by atoms with E-state index in [-0.39, 0.29) is 0 Å². The van der Waals surface area contributed by atoms with E-state index in [0.717, 1.165) is 40.0 Å². The maximum Gasteiger partial charge on any atom is 0.248 e. The highest BCUT2D eigenvalue weighted by molar-refractivity contribution is 6.36. The molecular weight excluding hydrogens is 343 g/mol. The minimum absolute atomic E-state index is 0.449. The van der Waals surface area contributed by atoms with Crippen molar-refractivity contribution in [3.8, 4) is 0 Å². The second-order valence-corrected chi connectivity index (χ2v) is 6.57. The van der Waals surface area contributed by atoms with Crippen LogP contribution in [0.3, 0.4) is 0 Å². The molecule has 2 aromatic carbocycles. The van der Waals surface area contributed by atoms with Crippen molar-refractivity contribution in [3.05, 3.63) is 69.3 Å². The Balaban J connectivity index is 2.22. The molecule has 0 aliphatic heterocycles. The zero-order chi connectivity index (χ0) is 17.3. The van der Waals surface area contributed by atoms with E-state index in [1.54, 1.807) is 12.1 Å². The van der Waals surface area contributed by atoms with Crippen LogP contribution in [0.4, 0.5) is 0 Å². The molecule has 1 heterocycles. The summed E-state index contributed by atoms with van der Waals surface area (Å²) in [6.07, 6.45) is 1.82. The fourth-order valence-electron chi connectivity index (χ4n) is 2.97. The highest BCUT2D eigenvalue weighted by Gasteiger charge is 2.17. The molecule has 3 aromatic rings. The molecule has 1 aromatic heterocycles.